The average molecular weight is 395 g/mol. The summed E-state index contributed by atoms with van der Waals surface area (Å²) in [6.07, 6.45) is 0. The molecular weight excluding hydrogens is 379 g/mol. The highest BCUT2D eigenvalue weighted by atomic mass is 35.5. The van der Waals surface area contributed by atoms with E-state index in [1.54, 1.807) is 31.4 Å². The third kappa shape index (κ3) is 3.18. The van der Waals surface area contributed by atoms with Crippen LogP contribution in [-0.2, 0) is 6.54 Å². The topological polar surface area (TPSA) is 73.0 Å². The van der Waals surface area contributed by atoms with Crippen LogP contribution in [0.3, 0.4) is 0 Å². The van der Waals surface area contributed by atoms with E-state index in [-0.39, 0.29) is 18.1 Å². The zero-order valence-electron chi connectivity index (χ0n) is 14.1. The maximum atomic E-state index is 11.2. The van der Waals surface area contributed by atoms with Crippen LogP contribution in [0, 0.1) is 4.91 Å². The first-order chi connectivity index (χ1) is 12.5. The Balaban J connectivity index is 2.12. The number of methoxy groups -OCH3 is 1. The van der Waals surface area contributed by atoms with Gasteiger partial charge in [-0.1, -0.05) is 29.3 Å². The maximum absolute atomic E-state index is 11.2. The quantitative estimate of drug-likeness (QED) is 0.559. The van der Waals surface area contributed by atoms with Crippen molar-refractivity contribution in [2.24, 2.45) is 5.18 Å². The summed E-state index contributed by atoms with van der Waals surface area (Å²) in [5.74, 6) is 0.926. The van der Waals surface area contributed by atoms with Gasteiger partial charge in [-0.25, -0.2) is 0 Å². The predicted molar refractivity (Wildman–Crippen MR) is 102 cm³/mol. The fourth-order valence-electron chi connectivity index (χ4n) is 2.89. The van der Waals surface area contributed by atoms with Crippen molar-refractivity contribution in [3.8, 4) is 17.4 Å². The van der Waals surface area contributed by atoms with Gasteiger partial charge in [0.25, 0.3) is 0 Å². The molecule has 0 saturated heterocycles. The number of nitrogens with zero attached hydrogens (tertiary/aromatic N) is 2. The molecule has 0 radical (unpaired) electrons. The molecule has 0 atom stereocenters. The molecular formula is C18H16Cl2N2O4. The van der Waals surface area contributed by atoms with E-state index < -0.39 is 0 Å². The Hall–Kier alpha value is -2.44. The molecule has 0 amide bonds. The Morgan fingerprint density at radius 2 is 1.96 bits per heavy atom. The largest absolute Gasteiger partial charge is 0.493 e. The monoisotopic (exact) mass is 394 g/mol. The average Bonchev–Trinajstić information content (AvgIpc) is 2.87. The molecule has 8 heteroatoms. The summed E-state index contributed by atoms with van der Waals surface area (Å²) in [5.41, 5.74) is 1.21. The maximum Gasteiger partial charge on any atom is 0.222 e. The Kier molecular flexibility index (Phi) is 5.25. The molecule has 0 aliphatic carbocycles. The number of nitroso groups, excluding NO2 is 1. The van der Waals surface area contributed by atoms with Gasteiger partial charge in [-0.15, -0.1) is 4.91 Å². The third-order valence-electron chi connectivity index (χ3n) is 3.98. The molecule has 0 aliphatic heterocycles. The van der Waals surface area contributed by atoms with Crippen LogP contribution in [0.15, 0.2) is 35.5 Å². The summed E-state index contributed by atoms with van der Waals surface area (Å²) >= 11 is 12.3. The summed E-state index contributed by atoms with van der Waals surface area (Å²) in [6.45, 7) is 2.66. The van der Waals surface area contributed by atoms with Crippen molar-refractivity contribution in [3.63, 3.8) is 0 Å². The molecule has 136 valence electrons. The second-order valence-electron chi connectivity index (χ2n) is 5.55. The van der Waals surface area contributed by atoms with Crippen LogP contribution in [0.5, 0.6) is 17.4 Å². The highest BCUT2D eigenvalue weighted by Crippen LogP contribution is 2.43. The number of aromatic nitrogens is 1. The van der Waals surface area contributed by atoms with Gasteiger partial charge in [-0.05, 0) is 41.9 Å². The van der Waals surface area contributed by atoms with Crippen LogP contribution in [0.2, 0.25) is 10.0 Å². The van der Waals surface area contributed by atoms with E-state index in [0.29, 0.717) is 39.1 Å². The van der Waals surface area contributed by atoms with Gasteiger partial charge in [0.15, 0.2) is 17.2 Å². The van der Waals surface area contributed by atoms with E-state index in [0.717, 1.165) is 5.56 Å². The number of benzene rings is 2. The normalized spacial score (nSPS) is 10.9. The zero-order chi connectivity index (χ0) is 18.8. The Labute approximate surface area is 159 Å². The molecule has 1 aromatic heterocycles. The molecule has 1 heterocycles. The van der Waals surface area contributed by atoms with Crippen molar-refractivity contribution in [2.45, 2.75) is 13.5 Å². The van der Waals surface area contributed by atoms with E-state index in [1.807, 2.05) is 13.0 Å². The van der Waals surface area contributed by atoms with Gasteiger partial charge >= 0.3 is 0 Å². The van der Waals surface area contributed by atoms with Crippen LogP contribution < -0.4 is 9.47 Å². The lowest BCUT2D eigenvalue weighted by Gasteiger charge is -2.13. The number of hydrogen-bond acceptors (Lipinski definition) is 5. The molecule has 0 unspecified atom stereocenters. The first-order valence-electron chi connectivity index (χ1n) is 7.83. The van der Waals surface area contributed by atoms with Crippen molar-refractivity contribution >= 4 is 39.8 Å². The van der Waals surface area contributed by atoms with Crippen molar-refractivity contribution in [2.75, 3.05) is 13.7 Å². The predicted octanol–water partition coefficient (Wildman–Crippen LogP) is 5.51. The fourth-order valence-corrected chi connectivity index (χ4v) is 3.48. The van der Waals surface area contributed by atoms with Crippen molar-refractivity contribution < 1.29 is 14.6 Å². The highest BCUT2D eigenvalue weighted by Gasteiger charge is 2.21. The number of hydrogen-bond donors (Lipinski definition) is 1. The van der Waals surface area contributed by atoms with Crippen LogP contribution in [0.25, 0.3) is 10.9 Å². The number of halogens is 2. The van der Waals surface area contributed by atoms with Crippen LogP contribution >= 0.6 is 23.2 Å². The minimum absolute atomic E-state index is 0.0951. The molecule has 2 aromatic carbocycles. The van der Waals surface area contributed by atoms with Gasteiger partial charge in [-0.2, -0.15) is 0 Å². The molecule has 3 aromatic rings. The number of ether oxygens (including phenoxy) is 2. The summed E-state index contributed by atoms with van der Waals surface area (Å²) < 4.78 is 12.4. The molecule has 26 heavy (non-hydrogen) atoms. The SMILES string of the molecule is CCOc1ccc(Cn2c(O)c(N=O)c3cc(Cl)cc(Cl)c32)cc1OC. The van der Waals surface area contributed by atoms with Gasteiger partial charge < -0.3 is 19.1 Å². The molecule has 0 fully saturated rings. The van der Waals surface area contributed by atoms with Gasteiger partial charge in [-0.3, -0.25) is 0 Å². The molecule has 3 rings (SSSR count). The second-order valence-corrected chi connectivity index (χ2v) is 6.40. The molecule has 0 saturated carbocycles. The molecule has 0 spiro atoms. The van der Waals surface area contributed by atoms with Crippen LogP contribution in [-0.4, -0.2) is 23.4 Å². The first-order valence-corrected chi connectivity index (χ1v) is 8.59. The minimum atomic E-state index is -0.271. The van der Waals surface area contributed by atoms with Crippen molar-refractivity contribution in [1.29, 1.82) is 0 Å². The summed E-state index contributed by atoms with van der Waals surface area (Å²) in [5, 5.41) is 14.5. The second kappa shape index (κ2) is 7.43. The number of aromatic hydroxyl groups is 1. The smallest absolute Gasteiger partial charge is 0.222 e. The Bertz CT molecular complexity index is 985. The van der Waals surface area contributed by atoms with E-state index in [1.165, 1.54) is 4.57 Å². The number of fused-ring (bicyclic) bond motifs is 1. The lowest BCUT2D eigenvalue weighted by molar-refractivity contribution is 0.310. The van der Waals surface area contributed by atoms with Crippen LogP contribution in [0.4, 0.5) is 5.69 Å². The molecule has 1 N–H and O–H groups in total. The lowest BCUT2D eigenvalue weighted by atomic mass is 10.2. The Morgan fingerprint density at radius 3 is 2.62 bits per heavy atom. The summed E-state index contributed by atoms with van der Waals surface area (Å²) in [7, 11) is 1.55. The van der Waals surface area contributed by atoms with Gasteiger partial charge in [0, 0.05) is 10.4 Å². The van der Waals surface area contributed by atoms with E-state index >= 15 is 0 Å². The van der Waals surface area contributed by atoms with E-state index in [9.17, 15) is 10.0 Å². The minimum Gasteiger partial charge on any atom is -0.493 e. The van der Waals surface area contributed by atoms with Crippen molar-refractivity contribution in [3.05, 3.63) is 50.8 Å². The number of rotatable bonds is 6. The standard InChI is InChI=1S/C18H16Cl2N2O4/c1-3-26-14-5-4-10(6-15(14)25-2)9-22-17-12(16(21-24)18(22)23)7-11(19)8-13(17)20/h4-8,23H,3,9H2,1-2H3. The van der Waals surface area contributed by atoms with Gasteiger partial charge in [0.2, 0.25) is 5.88 Å². The van der Waals surface area contributed by atoms with Crippen molar-refractivity contribution in [1.82, 2.24) is 4.57 Å². The third-order valence-corrected chi connectivity index (χ3v) is 4.49. The molecule has 0 aliphatic rings. The zero-order valence-corrected chi connectivity index (χ0v) is 15.6. The van der Waals surface area contributed by atoms with E-state index in [4.69, 9.17) is 32.7 Å². The molecule has 6 nitrogen and oxygen atoms in total. The van der Waals surface area contributed by atoms with Crippen LogP contribution in [0.1, 0.15) is 12.5 Å². The first kappa shape index (κ1) is 18.4. The lowest BCUT2D eigenvalue weighted by Crippen LogP contribution is -2.01. The van der Waals surface area contributed by atoms with Gasteiger partial charge in [0.05, 0.1) is 30.8 Å². The summed E-state index contributed by atoms with van der Waals surface area (Å²) in [4.78, 5) is 11.2. The summed E-state index contributed by atoms with van der Waals surface area (Å²) in [6, 6.07) is 8.53. The Morgan fingerprint density at radius 1 is 1.19 bits per heavy atom. The molecule has 0 bridgehead atoms. The van der Waals surface area contributed by atoms with E-state index in [2.05, 4.69) is 5.18 Å². The highest BCUT2D eigenvalue weighted by molar-refractivity contribution is 6.39. The van der Waals surface area contributed by atoms with Gasteiger partial charge in [0.1, 0.15) is 0 Å². The fraction of sp³-hybridized carbons (Fsp3) is 0.222.